The SMILES string of the molecule is O=c1ccoc2ccc(-c3c(O)cc4occc(=O)c4c3O)cc12. The normalized spacial score (nSPS) is 11.2. The number of phenolic OH excluding ortho intramolecular Hbond substituents is 2. The van der Waals surface area contributed by atoms with Crippen molar-refractivity contribution >= 4 is 21.9 Å². The molecule has 0 bridgehead atoms. The largest absolute Gasteiger partial charge is 0.507 e. The van der Waals surface area contributed by atoms with Gasteiger partial charge in [-0.05, 0) is 17.7 Å². The van der Waals surface area contributed by atoms with Crippen LogP contribution in [-0.4, -0.2) is 10.2 Å². The molecule has 2 heterocycles. The van der Waals surface area contributed by atoms with Gasteiger partial charge in [0.1, 0.15) is 28.1 Å². The van der Waals surface area contributed by atoms with Gasteiger partial charge in [-0.2, -0.15) is 0 Å². The first kappa shape index (κ1) is 14.1. The zero-order valence-corrected chi connectivity index (χ0v) is 12.1. The Bertz CT molecular complexity index is 1220. The molecule has 118 valence electrons. The monoisotopic (exact) mass is 322 g/mol. The molecule has 2 aromatic carbocycles. The van der Waals surface area contributed by atoms with E-state index < -0.39 is 11.2 Å². The van der Waals surface area contributed by atoms with Gasteiger partial charge in [-0.15, -0.1) is 0 Å². The van der Waals surface area contributed by atoms with Crippen LogP contribution < -0.4 is 10.9 Å². The van der Waals surface area contributed by atoms with Gasteiger partial charge in [0.25, 0.3) is 0 Å². The molecular weight excluding hydrogens is 312 g/mol. The minimum absolute atomic E-state index is 0.0366. The standard InChI is InChI=1S/C18H10O6/c19-11-3-5-23-14-2-1-9(7-10(11)14)16-13(21)8-15-17(18(16)22)12(20)4-6-24-15/h1-8,21-22H. The summed E-state index contributed by atoms with van der Waals surface area (Å²) in [7, 11) is 0. The molecule has 4 rings (SSSR count). The molecule has 0 saturated carbocycles. The molecule has 0 atom stereocenters. The van der Waals surface area contributed by atoms with Gasteiger partial charge in [0.15, 0.2) is 10.9 Å². The van der Waals surface area contributed by atoms with E-state index in [1.165, 1.54) is 36.8 Å². The zero-order valence-electron chi connectivity index (χ0n) is 12.1. The van der Waals surface area contributed by atoms with E-state index in [4.69, 9.17) is 8.83 Å². The highest BCUT2D eigenvalue weighted by molar-refractivity contribution is 5.96. The maximum Gasteiger partial charge on any atom is 0.196 e. The third-order valence-corrected chi connectivity index (χ3v) is 3.85. The zero-order chi connectivity index (χ0) is 16.8. The molecule has 6 nitrogen and oxygen atoms in total. The summed E-state index contributed by atoms with van der Waals surface area (Å²) in [6.07, 6.45) is 2.48. The minimum Gasteiger partial charge on any atom is -0.507 e. The lowest BCUT2D eigenvalue weighted by atomic mass is 9.99. The number of benzene rings is 2. The molecule has 2 N–H and O–H groups in total. The maximum atomic E-state index is 12.0. The van der Waals surface area contributed by atoms with Crippen LogP contribution in [0.5, 0.6) is 11.5 Å². The molecule has 0 unspecified atom stereocenters. The third-order valence-electron chi connectivity index (χ3n) is 3.85. The molecule has 4 aromatic rings. The van der Waals surface area contributed by atoms with Gasteiger partial charge in [-0.3, -0.25) is 9.59 Å². The van der Waals surface area contributed by atoms with E-state index in [0.717, 1.165) is 0 Å². The van der Waals surface area contributed by atoms with Crippen molar-refractivity contribution in [3.8, 4) is 22.6 Å². The molecule has 0 spiro atoms. The number of phenols is 2. The Morgan fingerprint density at radius 1 is 0.792 bits per heavy atom. The fraction of sp³-hybridized carbons (Fsp3) is 0. The molecule has 0 saturated heterocycles. The molecule has 2 aromatic heterocycles. The van der Waals surface area contributed by atoms with E-state index in [2.05, 4.69) is 0 Å². The Morgan fingerprint density at radius 2 is 1.50 bits per heavy atom. The molecule has 0 aliphatic carbocycles. The van der Waals surface area contributed by atoms with Crippen LogP contribution in [0.1, 0.15) is 0 Å². The van der Waals surface area contributed by atoms with E-state index in [0.29, 0.717) is 16.5 Å². The number of hydrogen-bond donors (Lipinski definition) is 2. The highest BCUT2D eigenvalue weighted by Gasteiger charge is 2.18. The molecule has 0 aliphatic heterocycles. The number of fused-ring (bicyclic) bond motifs is 2. The van der Waals surface area contributed by atoms with E-state index in [-0.39, 0.29) is 27.7 Å². The lowest BCUT2D eigenvalue weighted by molar-refractivity contribution is 0.455. The first-order valence-electron chi connectivity index (χ1n) is 7.04. The Balaban J connectivity index is 2.10. The summed E-state index contributed by atoms with van der Waals surface area (Å²) in [5.74, 6) is -0.673. The van der Waals surface area contributed by atoms with E-state index in [9.17, 15) is 19.8 Å². The maximum absolute atomic E-state index is 12.0. The predicted molar refractivity (Wildman–Crippen MR) is 87.3 cm³/mol. The number of aromatic hydroxyl groups is 2. The van der Waals surface area contributed by atoms with Crippen molar-refractivity contribution in [3.63, 3.8) is 0 Å². The summed E-state index contributed by atoms with van der Waals surface area (Å²) in [5, 5.41) is 21.0. The van der Waals surface area contributed by atoms with Crippen molar-refractivity contribution in [2.24, 2.45) is 0 Å². The molecule has 0 amide bonds. The van der Waals surface area contributed by atoms with Crippen molar-refractivity contribution in [3.05, 3.63) is 69.4 Å². The van der Waals surface area contributed by atoms with Crippen LogP contribution in [0, 0.1) is 0 Å². The lowest BCUT2D eigenvalue weighted by Crippen LogP contribution is -2.00. The fourth-order valence-electron chi connectivity index (χ4n) is 2.74. The van der Waals surface area contributed by atoms with Crippen molar-refractivity contribution in [2.45, 2.75) is 0 Å². The van der Waals surface area contributed by atoms with Crippen molar-refractivity contribution in [1.82, 2.24) is 0 Å². The van der Waals surface area contributed by atoms with Crippen LogP contribution in [0.3, 0.4) is 0 Å². The quantitative estimate of drug-likeness (QED) is 0.559. The summed E-state index contributed by atoms with van der Waals surface area (Å²) < 4.78 is 10.4. The van der Waals surface area contributed by atoms with Gasteiger partial charge in [0, 0.05) is 18.2 Å². The summed E-state index contributed by atoms with van der Waals surface area (Å²) in [6.45, 7) is 0. The summed E-state index contributed by atoms with van der Waals surface area (Å²) in [4.78, 5) is 23.9. The first-order valence-corrected chi connectivity index (χ1v) is 7.04. The summed E-state index contributed by atoms with van der Waals surface area (Å²) in [5.41, 5.74) is 0.187. The predicted octanol–water partition coefficient (Wildman–Crippen LogP) is 2.98. The van der Waals surface area contributed by atoms with Gasteiger partial charge >= 0.3 is 0 Å². The van der Waals surface area contributed by atoms with E-state index in [1.54, 1.807) is 12.1 Å². The minimum atomic E-state index is -0.435. The average molecular weight is 322 g/mol. The Morgan fingerprint density at radius 3 is 2.29 bits per heavy atom. The second-order valence-electron chi connectivity index (χ2n) is 5.27. The van der Waals surface area contributed by atoms with Gasteiger partial charge in [0.05, 0.1) is 23.5 Å². The lowest BCUT2D eigenvalue weighted by Gasteiger charge is -2.10. The smallest absolute Gasteiger partial charge is 0.196 e. The van der Waals surface area contributed by atoms with E-state index in [1.807, 2.05) is 0 Å². The van der Waals surface area contributed by atoms with Crippen LogP contribution in [-0.2, 0) is 0 Å². The summed E-state index contributed by atoms with van der Waals surface area (Å²) in [6, 6.07) is 8.34. The molecule has 0 radical (unpaired) electrons. The van der Waals surface area contributed by atoms with Gasteiger partial charge < -0.3 is 19.0 Å². The van der Waals surface area contributed by atoms with Crippen LogP contribution in [0.15, 0.2) is 67.3 Å². The van der Waals surface area contributed by atoms with Gasteiger partial charge in [-0.1, -0.05) is 6.07 Å². The second-order valence-corrected chi connectivity index (χ2v) is 5.27. The van der Waals surface area contributed by atoms with Crippen molar-refractivity contribution < 1.29 is 19.0 Å². The van der Waals surface area contributed by atoms with Crippen molar-refractivity contribution in [1.29, 1.82) is 0 Å². The third kappa shape index (κ3) is 1.97. The summed E-state index contributed by atoms with van der Waals surface area (Å²) >= 11 is 0. The second kappa shape index (κ2) is 4.99. The fourth-order valence-corrected chi connectivity index (χ4v) is 2.74. The molecule has 6 heteroatoms. The van der Waals surface area contributed by atoms with Crippen molar-refractivity contribution in [2.75, 3.05) is 0 Å². The Kier molecular flexibility index (Phi) is 2.93. The average Bonchev–Trinajstić information content (AvgIpc) is 2.55. The molecule has 0 aliphatic rings. The van der Waals surface area contributed by atoms with Crippen LogP contribution in [0.4, 0.5) is 0 Å². The molecule has 0 fully saturated rings. The molecular formula is C18H10O6. The Hall–Kier alpha value is -3.54. The number of rotatable bonds is 1. The van der Waals surface area contributed by atoms with Gasteiger partial charge in [-0.25, -0.2) is 0 Å². The first-order chi connectivity index (χ1) is 11.6. The number of hydrogen-bond acceptors (Lipinski definition) is 6. The Labute approximate surface area is 133 Å². The van der Waals surface area contributed by atoms with Crippen LogP contribution in [0.25, 0.3) is 33.1 Å². The van der Waals surface area contributed by atoms with Gasteiger partial charge in [0.2, 0.25) is 0 Å². The topological polar surface area (TPSA) is 101 Å². The highest BCUT2D eigenvalue weighted by Crippen LogP contribution is 2.41. The highest BCUT2D eigenvalue weighted by atomic mass is 16.3. The molecule has 24 heavy (non-hydrogen) atoms. The van der Waals surface area contributed by atoms with E-state index >= 15 is 0 Å². The van der Waals surface area contributed by atoms with Crippen LogP contribution in [0.2, 0.25) is 0 Å². The van der Waals surface area contributed by atoms with Crippen LogP contribution >= 0.6 is 0 Å².